The van der Waals surface area contributed by atoms with E-state index in [-0.39, 0.29) is 0 Å². The summed E-state index contributed by atoms with van der Waals surface area (Å²) >= 11 is 4.07. The molecule has 0 aromatic carbocycles. The van der Waals surface area contributed by atoms with Crippen molar-refractivity contribution in [2.75, 3.05) is 0 Å². The maximum Gasteiger partial charge on any atom is 0.187 e. The predicted octanol–water partition coefficient (Wildman–Crippen LogP) is 2.53. The van der Waals surface area contributed by atoms with Gasteiger partial charge >= 0.3 is 0 Å². The van der Waals surface area contributed by atoms with Crippen LogP contribution in [0.2, 0.25) is 0 Å². The van der Waals surface area contributed by atoms with Crippen LogP contribution in [0.1, 0.15) is 26.1 Å². The third-order valence-electron chi connectivity index (χ3n) is 1.59. The van der Waals surface area contributed by atoms with Gasteiger partial charge in [0.1, 0.15) is 6.33 Å². The van der Waals surface area contributed by atoms with Gasteiger partial charge in [0, 0.05) is 5.57 Å². The SMILES string of the molecule is C/C=C\C(=C/CC)c1ncnc(S)n1. The summed E-state index contributed by atoms with van der Waals surface area (Å²) in [5, 5.41) is 0.446. The highest BCUT2D eigenvalue weighted by Gasteiger charge is 2.00. The standard InChI is InChI=1S/C10H13N3S/c1-3-5-8(6-4-2)9-11-7-12-10(14)13-9/h3,5-7H,4H2,1-2H3,(H,11,12,13,14)/b5-3-,8-6+. The number of rotatable bonds is 3. The first-order valence-electron chi connectivity index (χ1n) is 4.49. The summed E-state index contributed by atoms with van der Waals surface area (Å²) in [5.41, 5.74) is 1.01. The van der Waals surface area contributed by atoms with E-state index < -0.39 is 0 Å². The average Bonchev–Trinajstić information content (AvgIpc) is 2.17. The van der Waals surface area contributed by atoms with Crippen molar-refractivity contribution in [1.29, 1.82) is 0 Å². The van der Waals surface area contributed by atoms with Crippen LogP contribution in [0.5, 0.6) is 0 Å². The van der Waals surface area contributed by atoms with E-state index in [0.717, 1.165) is 12.0 Å². The lowest BCUT2D eigenvalue weighted by Gasteiger charge is -1.99. The molecule has 0 radical (unpaired) electrons. The van der Waals surface area contributed by atoms with E-state index in [0.29, 0.717) is 11.0 Å². The fourth-order valence-electron chi connectivity index (χ4n) is 1.06. The minimum absolute atomic E-state index is 0.446. The van der Waals surface area contributed by atoms with E-state index in [1.807, 2.05) is 19.1 Å². The number of hydrogen-bond acceptors (Lipinski definition) is 4. The highest BCUT2D eigenvalue weighted by atomic mass is 32.1. The molecule has 0 spiro atoms. The Morgan fingerprint density at radius 3 is 2.86 bits per heavy atom. The first-order chi connectivity index (χ1) is 6.77. The zero-order valence-corrected chi connectivity index (χ0v) is 9.20. The summed E-state index contributed by atoms with van der Waals surface area (Å²) < 4.78 is 0. The highest BCUT2D eigenvalue weighted by molar-refractivity contribution is 7.80. The zero-order chi connectivity index (χ0) is 10.4. The monoisotopic (exact) mass is 207 g/mol. The van der Waals surface area contributed by atoms with Gasteiger partial charge in [0.05, 0.1) is 0 Å². The van der Waals surface area contributed by atoms with Crippen LogP contribution in [-0.4, -0.2) is 15.0 Å². The molecule has 0 N–H and O–H groups in total. The molecule has 0 aliphatic carbocycles. The molecule has 0 bridgehead atoms. The van der Waals surface area contributed by atoms with Gasteiger partial charge in [-0.05, 0) is 13.3 Å². The summed E-state index contributed by atoms with van der Waals surface area (Å²) in [6, 6.07) is 0. The van der Waals surface area contributed by atoms with Gasteiger partial charge in [-0.15, -0.1) is 12.6 Å². The lowest BCUT2D eigenvalue weighted by molar-refractivity contribution is 0.889. The molecule has 0 saturated heterocycles. The van der Waals surface area contributed by atoms with Crippen LogP contribution in [0.4, 0.5) is 0 Å². The first kappa shape index (κ1) is 10.9. The smallest absolute Gasteiger partial charge is 0.187 e. The van der Waals surface area contributed by atoms with Gasteiger partial charge < -0.3 is 0 Å². The third-order valence-corrected chi connectivity index (χ3v) is 1.80. The van der Waals surface area contributed by atoms with Gasteiger partial charge in [-0.3, -0.25) is 0 Å². The van der Waals surface area contributed by atoms with Crippen molar-refractivity contribution in [3.63, 3.8) is 0 Å². The van der Waals surface area contributed by atoms with Gasteiger partial charge in [0.2, 0.25) is 0 Å². The zero-order valence-electron chi connectivity index (χ0n) is 8.31. The fourth-order valence-corrected chi connectivity index (χ4v) is 1.21. The Hall–Kier alpha value is -1.16. The van der Waals surface area contributed by atoms with Crippen molar-refractivity contribution in [2.24, 2.45) is 0 Å². The van der Waals surface area contributed by atoms with Crippen LogP contribution < -0.4 is 0 Å². The summed E-state index contributed by atoms with van der Waals surface area (Å²) in [6.07, 6.45) is 8.43. The molecule has 1 rings (SSSR count). The first-order valence-corrected chi connectivity index (χ1v) is 4.94. The molecule has 0 amide bonds. The number of nitrogens with zero attached hydrogens (tertiary/aromatic N) is 3. The largest absolute Gasteiger partial charge is 0.216 e. The van der Waals surface area contributed by atoms with Gasteiger partial charge in [-0.2, -0.15) is 0 Å². The fraction of sp³-hybridized carbons (Fsp3) is 0.300. The van der Waals surface area contributed by atoms with Gasteiger partial charge in [0.15, 0.2) is 11.0 Å². The summed E-state index contributed by atoms with van der Waals surface area (Å²) in [7, 11) is 0. The molecular formula is C10H13N3S. The molecule has 0 atom stereocenters. The summed E-state index contributed by atoms with van der Waals surface area (Å²) in [4.78, 5) is 12.1. The molecule has 0 aliphatic rings. The molecule has 1 aromatic heterocycles. The number of hydrogen-bond donors (Lipinski definition) is 1. The van der Waals surface area contributed by atoms with E-state index in [9.17, 15) is 0 Å². The lowest BCUT2D eigenvalue weighted by atomic mass is 10.2. The number of thiol groups is 1. The Bertz CT molecular complexity index is 358. The molecule has 3 nitrogen and oxygen atoms in total. The second-order valence-corrected chi connectivity index (χ2v) is 3.08. The minimum Gasteiger partial charge on any atom is -0.216 e. The molecule has 0 unspecified atom stereocenters. The third kappa shape index (κ3) is 2.96. The number of allylic oxidation sites excluding steroid dienone is 4. The van der Waals surface area contributed by atoms with Crippen LogP contribution in [0.15, 0.2) is 29.7 Å². The Morgan fingerprint density at radius 1 is 1.50 bits per heavy atom. The van der Waals surface area contributed by atoms with Crippen molar-refractivity contribution in [3.05, 3.63) is 30.4 Å². The molecule has 0 fully saturated rings. The molecule has 1 aromatic rings. The quantitative estimate of drug-likeness (QED) is 0.611. The van der Waals surface area contributed by atoms with Crippen molar-refractivity contribution in [2.45, 2.75) is 25.4 Å². The van der Waals surface area contributed by atoms with Crippen LogP contribution >= 0.6 is 12.6 Å². The van der Waals surface area contributed by atoms with E-state index in [1.54, 1.807) is 0 Å². The van der Waals surface area contributed by atoms with Crippen LogP contribution in [0.3, 0.4) is 0 Å². The van der Waals surface area contributed by atoms with Crippen molar-refractivity contribution in [3.8, 4) is 0 Å². The van der Waals surface area contributed by atoms with E-state index >= 15 is 0 Å². The topological polar surface area (TPSA) is 38.7 Å². The Balaban J connectivity index is 3.05. The minimum atomic E-state index is 0.446. The molecular weight excluding hydrogens is 194 g/mol. The van der Waals surface area contributed by atoms with E-state index in [1.165, 1.54) is 6.33 Å². The Labute approximate surface area is 89.4 Å². The summed E-state index contributed by atoms with van der Waals surface area (Å²) in [6.45, 7) is 4.04. The van der Waals surface area contributed by atoms with Gasteiger partial charge in [0.25, 0.3) is 0 Å². The normalized spacial score (nSPS) is 12.4. The second kappa shape index (κ2) is 5.54. The maximum absolute atomic E-state index is 4.13. The summed E-state index contributed by atoms with van der Waals surface area (Å²) in [5.74, 6) is 0.671. The van der Waals surface area contributed by atoms with E-state index in [4.69, 9.17) is 0 Å². The highest BCUT2D eigenvalue weighted by Crippen LogP contribution is 2.12. The van der Waals surface area contributed by atoms with Crippen LogP contribution in [0.25, 0.3) is 5.57 Å². The average molecular weight is 207 g/mol. The van der Waals surface area contributed by atoms with Crippen LogP contribution in [-0.2, 0) is 0 Å². The van der Waals surface area contributed by atoms with Crippen LogP contribution in [0, 0.1) is 0 Å². The van der Waals surface area contributed by atoms with Gasteiger partial charge in [-0.1, -0.05) is 25.2 Å². The lowest BCUT2D eigenvalue weighted by Crippen LogP contribution is -1.95. The second-order valence-electron chi connectivity index (χ2n) is 2.68. The number of aromatic nitrogens is 3. The maximum atomic E-state index is 4.13. The molecule has 1 heterocycles. The Kier molecular flexibility index (Phi) is 4.32. The van der Waals surface area contributed by atoms with Gasteiger partial charge in [-0.25, -0.2) is 15.0 Å². The molecule has 0 saturated carbocycles. The molecule has 14 heavy (non-hydrogen) atoms. The van der Waals surface area contributed by atoms with Crippen molar-refractivity contribution >= 4 is 18.2 Å². The Morgan fingerprint density at radius 2 is 2.29 bits per heavy atom. The predicted molar refractivity (Wildman–Crippen MR) is 60.2 cm³/mol. The van der Waals surface area contributed by atoms with Crippen molar-refractivity contribution < 1.29 is 0 Å². The molecule has 0 aliphatic heterocycles. The van der Waals surface area contributed by atoms with Crippen molar-refractivity contribution in [1.82, 2.24) is 15.0 Å². The molecule has 4 heteroatoms. The molecule has 74 valence electrons. The van der Waals surface area contributed by atoms with E-state index in [2.05, 4.69) is 40.6 Å².